The van der Waals surface area contributed by atoms with Crippen LogP contribution in [0.5, 0.6) is 0 Å². The Kier molecular flexibility index (Phi) is 3.20. The minimum Gasteiger partial charge on any atom is -0.290 e. The number of rotatable bonds is 2. The van der Waals surface area contributed by atoms with Gasteiger partial charge in [-0.15, -0.1) is 0 Å². The van der Waals surface area contributed by atoms with Gasteiger partial charge in [-0.1, -0.05) is 48.0 Å². The molecule has 2 aromatic carbocycles. The molecule has 0 fully saturated rings. The van der Waals surface area contributed by atoms with Crippen molar-refractivity contribution >= 4 is 11.6 Å². The van der Waals surface area contributed by atoms with E-state index >= 15 is 0 Å². The fourth-order valence-electron chi connectivity index (χ4n) is 2.07. The van der Waals surface area contributed by atoms with Crippen LogP contribution in [0.2, 0.25) is 5.02 Å². The SMILES string of the molecule is Cc1ccc(-n2[nH]c(-c3ccccc3)cc2=O)cc1Cl. The largest absolute Gasteiger partial charge is 0.290 e. The molecule has 3 rings (SSSR count). The first kappa shape index (κ1) is 12.8. The molecule has 0 aliphatic heterocycles. The molecule has 1 N–H and O–H groups in total. The van der Waals surface area contributed by atoms with Gasteiger partial charge in [0.05, 0.1) is 11.4 Å². The predicted octanol–water partition coefficient (Wildman–Crippen LogP) is 3.79. The van der Waals surface area contributed by atoms with Gasteiger partial charge in [0, 0.05) is 11.1 Å². The van der Waals surface area contributed by atoms with Crippen molar-refractivity contribution in [1.82, 2.24) is 9.78 Å². The van der Waals surface area contributed by atoms with Crippen molar-refractivity contribution in [2.75, 3.05) is 0 Å². The van der Waals surface area contributed by atoms with Crippen LogP contribution in [0.1, 0.15) is 5.56 Å². The Hall–Kier alpha value is -2.26. The molecule has 0 spiro atoms. The molecule has 0 bridgehead atoms. The molecule has 1 aromatic heterocycles. The predicted molar refractivity (Wildman–Crippen MR) is 81.6 cm³/mol. The lowest BCUT2D eigenvalue weighted by atomic mass is 10.2. The molecule has 0 saturated heterocycles. The highest BCUT2D eigenvalue weighted by molar-refractivity contribution is 6.31. The Morgan fingerprint density at radius 3 is 2.50 bits per heavy atom. The third-order valence-electron chi connectivity index (χ3n) is 3.22. The number of benzene rings is 2. The van der Waals surface area contributed by atoms with Crippen LogP contribution in [0.15, 0.2) is 59.4 Å². The molecular formula is C16H13ClN2O. The number of hydrogen-bond acceptors (Lipinski definition) is 1. The van der Waals surface area contributed by atoms with E-state index in [2.05, 4.69) is 5.10 Å². The maximum Gasteiger partial charge on any atom is 0.271 e. The first-order chi connectivity index (χ1) is 9.65. The van der Waals surface area contributed by atoms with E-state index < -0.39 is 0 Å². The molecule has 100 valence electrons. The molecule has 0 aliphatic carbocycles. The second kappa shape index (κ2) is 5.02. The van der Waals surface area contributed by atoms with Crippen molar-refractivity contribution in [3.05, 3.63) is 75.5 Å². The van der Waals surface area contributed by atoms with Gasteiger partial charge in [0.2, 0.25) is 0 Å². The molecule has 0 saturated carbocycles. The summed E-state index contributed by atoms with van der Waals surface area (Å²) in [4.78, 5) is 12.1. The second-order valence-corrected chi connectivity index (χ2v) is 5.05. The molecule has 1 heterocycles. The zero-order valence-electron chi connectivity index (χ0n) is 10.9. The van der Waals surface area contributed by atoms with E-state index in [1.807, 2.05) is 49.4 Å². The summed E-state index contributed by atoms with van der Waals surface area (Å²) in [5.41, 5.74) is 3.36. The second-order valence-electron chi connectivity index (χ2n) is 4.64. The van der Waals surface area contributed by atoms with Crippen molar-refractivity contribution in [2.24, 2.45) is 0 Å². The van der Waals surface area contributed by atoms with Crippen LogP contribution in [0.3, 0.4) is 0 Å². The van der Waals surface area contributed by atoms with E-state index in [1.165, 1.54) is 4.68 Å². The lowest BCUT2D eigenvalue weighted by molar-refractivity contribution is 0.852. The van der Waals surface area contributed by atoms with Crippen molar-refractivity contribution in [3.63, 3.8) is 0 Å². The number of aromatic nitrogens is 2. The summed E-state index contributed by atoms with van der Waals surface area (Å²) < 4.78 is 1.49. The number of aromatic amines is 1. The molecule has 0 radical (unpaired) electrons. The maximum atomic E-state index is 12.1. The average molecular weight is 285 g/mol. The number of H-pyrrole nitrogens is 1. The Balaban J connectivity index is 2.10. The third-order valence-corrected chi connectivity index (χ3v) is 3.63. The first-order valence-electron chi connectivity index (χ1n) is 6.29. The fraction of sp³-hybridized carbons (Fsp3) is 0.0625. The monoisotopic (exact) mass is 284 g/mol. The van der Waals surface area contributed by atoms with Gasteiger partial charge in [-0.2, -0.15) is 0 Å². The van der Waals surface area contributed by atoms with E-state index in [9.17, 15) is 4.79 Å². The van der Waals surface area contributed by atoms with E-state index in [4.69, 9.17) is 11.6 Å². The first-order valence-corrected chi connectivity index (χ1v) is 6.67. The normalized spacial score (nSPS) is 10.7. The highest BCUT2D eigenvalue weighted by atomic mass is 35.5. The summed E-state index contributed by atoms with van der Waals surface area (Å²) in [6.07, 6.45) is 0. The van der Waals surface area contributed by atoms with Gasteiger partial charge in [-0.25, -0.2) is 4.68 Å². The van der Waals surface area contributed by atoms with Gasteiger partial charge in [-0.3, -0.25) is 9.89 Å². The van der Waals surface area contributed by atoms with Crippen LogP contribution in [-0.4, -0.2) is 9.78 Å². The molecule has 0 aliphatic rings. The summed E-state index contributed by atoms with van der Waals surface area (Å²) in [5, 5.41) is 3.75. The van der Waals surface area contributed by atoms with Gasteiger partial charge < -0.3 is 0 Å². The Bertz CT molecular complexity index is 803. The number of aryl methyl sites for hydroxylation is 1. The third kappa shape index (κ3) is 2.28. The number of halogens is 1. The van der Waals surface area contributed by atoms with Crippen LogP contribution in [0.25, 0.3) is 16.9 Å². The van der Waals surface area contributed by atoms with Gasteiger partial charge in [0.25, 0.3) is 5.56 Å². The summed E-state index contributed by atoms with van der Waals surface area (Å²) in [7, 11) is 0. The van der Waals surface area contributed by atoms with Gasteiger partial charge in [0.1, 0.15) is 0 Å². The van der Waals surface area contributed by atoms with E-state index in [-0.39, 0.29) is 5.56 Å². The van der Waals surface area contributed by atoms with Crippen molar-refractivity contribution in [1.29, 1.82) is 0 Å². The van der Waals surface area contributed by atoms with E-state index in [0.717, 1.165) is 22.5 Å². The van der Waals surface area contributed by atoms with Crippen LogP contribution in [0, 0.1) is 6.92 Å². The lowest BCUT2D eigenvalue weighted by Crippen LogP contribution is -2.13. The molecule has 4 heteroatoms. The summed E-state index contributed by atoms with van der Waals surface area (Å²) in [6, 6.07) is 16.9. The summed E-state index contributed by atoms with van der Waals surface area (Å²) in [6.45, 7) is 1.93. The van der Waals surface area contributed by atoms with Gasteiger partial charge in [-0.05, 0) is 30.2 Å². The van der Waals surface area contributed by atoms with Crippen LogP contribution >= 0.6 is 11.6 Å². The van der Waals surface area contributed by atoms with Gasteiger partial charge in [0.15, 0.2) is 0 Å². The molecule has 0 amide bonds. The zero-order chi connectivity index (χ0) is 14.1. The molecule has 3 aromatic rings. The molecule has 20 heavy (non-hydrogen) atoms. The number of nitrogens with one attached hydrogen (secondary N) is 1. The molecule has 0 atom stereocenters. The highest BCUT2D eigenvalue weighted by Gasteiger charge is 2.07. The smallest absolute Gasteiger partial charge is 0.271 e. The minimum atomic E-state index is -0.108. The van der Waals surface area contributed by atoms with Crippen molar-refractivity contribution < 1.29 is 0 Å². The summed E-state index contributed by atoms with van der Waals surface area (Å²) in [5.74, 6) is 0. The van der Waals surface area contributed by atoms with E-state index in [0.29, 0.717) is 5.02 Å². The standard InChI is InChI=1S/C16H13ClN2O/c1-11-7-8-13(9-14(11)17)19-16(20)10-15(18-19)12-5-3-2-4-6-12/h2-10,18H,1H3. The topological polar surface area (TPSA) is 37.8 Å². The average Bonchev–Trinajstić information content (AvgIpc) is 2.85. The van der Waals surface area contributed by atoms with Gasteiger partial charge >= 0.3 is 0 Å². The Morgan fingerprint density at radius 2 is 1.80 bits per heavy atom. The minimum absolute atomic E-state index is 0.108. The van der Waals surface area contributed by atoms with Crippen LogP contribution in [0.4, 0.5) is 0 Å². The summed E-state index contributed by atoms with van der Waals surface area (Å²) >= 11 is 6.11. The quantitative estimate of drug-likeness (QED) is 0.764. The van der Waals surface area contributed by atoms with Crippen LogP contribution in [-0.2, 0) is 0 Å². The van der Waals surface area contributed by atoms with E-state index in [1.54, 1.807) is 12.1 Å². The molecule has 0 unspecified atom stereocenters. The number of nitrogens with zero attached hydrogens (tertiary/aromatic N) is 1. The highest BCUT2D eigenvalue weighted by Crippen LogP contribution is 2.20. The molecule has 3 nitrogen and oxygen atoms in total. The molecular weight excluding hydrogens is 272 g/mol. The van der Waals surface area contributed by atoms with Crippen LogP contribution < -0.4 is 5.56 Å². The maximum absolute atomic E-state index is 12.1. The fourth-order valence-corrected chi connectivity index (χ4v) is 2.25. The number of hydrogen-bond donors (Lipinski definition) is 1. The van der Waals surface area contributed by atoms with Crippen molar-refractivity contribution in [3.8, 4) is 16.9 Å². The zero-order valence-corrected chi connectivity index (χ0v) is 11.7. The lowest BCUT2D eigenvalue weighted by Gasteiger charge is -2.04. The Labute approximate surface area is 121 Å². The van der Waals surface area contributed by atoms with Crippen molar-refractivity contribution in [2.45, 2.75) is 6.92 Å². The Morgan fingerprint density at radius 1 is 1.05 bits per heavy atom.